The van der Waals surface area contributed by atoms with Gasteiger partial charge in [-0.25, -0.2) is 0 Å². The molecule has 4 N–H and O–H groups in total. The fourth-order valence-corrected chi connectivity index (χ4v) is 2.99. The summed E-state index contributed by atoms with van der Waals surface area (Å²) >= 11 is 0. The van der Waals surface area contributed by atoms with E-state index in [1.165, 1.54) is 0 Å². The molecule has 2 heterocycles. The van der Waals surface area contributed by atoms with Crippen LogP contribution in [0.1, 0.15) is 28.9 Å². The zero-order chi connectivity index (χ0) is 24.7. The molecule has 7 heteroatoms. The van der Waals surface area contributed by atoms with Gasteiger partial charge in [0, 0.05) is 18.7 Å². The van der Waals surface area contributed by atoms with Crippen LogP contribution in [0.25, 0.3) is 0 Å². The second-order valence-electron chi connectivity index (χ2n) is 7.69. The highest BCUT2D eigenvalue weighted by Crippen LogP contribution is 2.13. The minimum absolute atomic E-state index is 0.314. The van der Waals surface area contributed by atoms with Gasteiger partial charge in [-0.3, -0.25) is 14.8 Å². The molecule has 0 aliphatic carbocycles. The Hall–Kier alpha value is -4.23. The summed E-state index contributed by atoms with van der Waals surface area (Å²) in [7, 11) is 0. The van der Waals surface area contributed by atoms with Crippen LogP contribution in [0.3, 0.4) is 0 Å². The standard InChI is InChI=1S/C15H16N2O2.C13H14N2O/c16-15(18)9-7-13-6-8-14(10-17-13)19-11-12-4-2-1-3-5-12;14-8-12-6-7-13(9-15-12)16-10-11-4-2-1-3-5-11/h1-6,8,10H,7,9,11H2,(H2,16,18);1-7,9H,8,10,14H2. The van der Waals surface area contributed by atoms with Gasteiger partial charge in [0.25, 0.3) is 0 Å². The number of rotatable bonds is 10. The summed E-state index contributed by atoms with van der Waals surface area (Å²) in [6.07, 6.45) is 4.25. The van der Waals surface area contributed by atoms with E-state index in [0.717, 1.165) is 28.3 Å². The first-order valence-electron chi connectivity index (χ1n) is 11.3. The van der Waals surface area contributed by atoms with Crippen molar-refractivity contribution in [3.05, 3.63) is 120 Å². The van der Waals surface area contributed by atoms with Gasteiger partial charge in [0.05, 0.1) is 18.1 Å². The van der Waals surface area contributed by atoms with Crippen LogP contribution >= 0.6 is 0 Å². The normalized spacial score (nSPS) is 10.1. The lowest BCUT2D eigenvalue weighted by molar-refractivity contribution is -0.118. The first-order valence-corrected chi connectivity index (χ1v) is 11.3. The van der Waals surface area contributed by atoms with Crippen molar-refractivity contribution in [1.29, 1.82) is 0 Å². The van der Waals surface area contributed by atoms with Gasteiger partial charge in [-0.15, -0.1) is 0 Å². The summed E-state index contributed by atoms with van der Waals surface area (Å²) < 4.78 is 11.2. The first kappa shape index (κ1) is 25.4. The number of primary amides is 1. The third-order valence-corrected chi connectivity index (χ3v) is 4.93. The fourth-order valence-electron chi connectivity index (χ4n) is 2.99. The SMILES string of the molecule is NC(=O)CCc1ccc(OCc2ccccc2)cn1.NCc1ccc(OCc2ccccc2)cn1. The summed E-state index contributed by atoms with van der Waals surface area (Å²) in [4.78, 5) is 19.1. The van der Waals surface area contributed by atoms with Crippen molar-refractivity contribution in [2.45, 2.75) is 32.6 Å². The highest BCUT2D eigenvalue weighted by Gasteiger charge is 2.01. The Morgan fingerprint density at radius 2 is 1.17 bits per heavy atom. The lowest BCUT2D eigenvalue weighted by atomic mass is 10.2. The molecular formula is C28H30N4O3. The molecule has 0 radical (unpaired) electrons. The molecule has 0 bridgehead atoms. The summed E-state index contributed by atoms with van der Waals surface area (Å²) in [5.41, 5.74) is 14.5. The van der Waals surface area contributed by atoms with E-state index in [1.807, 2.05) is 84.9 Å². The van der Waals surface area contributed by atoms with Gasteiger partial charge in [-0.1, -0.05) is 60.7 Å². The summed E-state index contributed by atoms with van der Waals surface area (Å²) in [5, 5.41) is 0. The van der Waals surface area contributed by atoms with Gasteiger partial charge in [0.15, 0.2) is 0 Å². The maximum Gasteiger partial charge on any atom is 0.217 e. The molecule has 0 aliphatic rings. The van der Waals surface area contributed by atoms with Crippen LogP contribution < -0.4 is 20.9 Å². The highest BCUT2D eigenvalue weighted by atomic mass is 16.5. The number of hydrogen-bond acceptors (Lipinski definition) is 6. The number of ether oxygens (including phenoxy) is 2. The average Bonchev–Trinajstić information content (AvgIpc) is 2.92. The predicted molar refractivity (Wildman–Crippen MR) is 135 cm³/mol. The van der Waals surface area contributed by atoms with Gasteiger partial charge >= 0.3 is 0 Å². The van der Waals surface area contributed by atoms with Gasteiger partial charge in [0.2, 0.25) is 5.91 Å². The molecule has 0 fully saturated rings. The minimum atomic E-state index is -0.314. The van der Waals surface area contributed by atoms with Gasteiger partial charge in [0.1, 0.15) is 24.7 Å². The van der Waals surface area contributed by atoms with Crippen molar-refractivity contribution in [3.8, 4) is 11.5 Å². The number of carbonyl (C=O) groups excluding carboxylic acids is 1. The van der Waals surface area contributed by atoms with Crippen LogP contribution in [0, 0.1) is 0 Å². The lowest BCUT2D eigenvalue weighted by Crippen LogP contribution is -2.11. The van der Waals surface area contributed by atoms with Crippen molar-refractivity contribution < 1.29 is 14.3 Å². The molecule has 0 atom stereocenters. The number of nitrogens with zero attached hydrogens (tertiary/aromatic N) is 2. The molecule has 2 aromatic carbocycles. The highest BCUT2D eigenvalue weighted by molar-refractivity contribution is 5.73. The van der Waals surface area contributed by atoms with Crippen LogP contribution in [0.4, 0.5) is 0 Å². The molecule has 4 aromatic rings. The van der Waals surface area contributed by atoms with Crippen molar-refractivity contribution in [1.82, 2.24) is 9.97 Å². The summed E-state index contributed by atoms with van der Waals surface area (Å²) in [5.74, 6) is 1.17. The number of aromatic nitrogens is 2. The van der Waals surface area contributed by atoms with Crippen molar-refractivity contribution in [3.63, 3.8) is 0 Å². The van der Waals surface area contributed by atoms with Gasteiger partial charge in [-0.2, -0.15) is 0 Å². The maximum absolute atomic E-state index is 10.7. The van der Waals surface area contributed by atoms with Crippen molar-refractivity contribution >= 4 is 5.91 Å². The van der Waals surface area contributed by atoms with Crippen molar-refractivity contribution in [2.75, 3.05) is 0 Å². The van der Waals surface area contributed by atoms with E-state index in [0.29, 0.717) is 38.3 Å². The third kappa shape index (κ3) is 9.65. The van der Waals surface area contributed by atoms with Crippen molar-refractivity contribution in [2.24, 2.45) is 11.5 Å². The Balaban J connectivity index is 0.000000198. The van der Waals surface area contributed by atoms with Gasteiger partial charge < -0.3 is 20.9 Å². The molecule has 7 nitrogen and oxygen atoms in total. The molecule has 0 spiro atoms. The number of benzene rings is 2. The van der Waals surface area contributed by atoms with Gasteiger partial charge in [-0.05, 0) is 41.8 Å². The second kappa shape index (κ2) is 14.1. The second-order valence-corrected chi connectivity index (χ2v) is 7.69. The Kier molecular flexibility index (Phi) is 10.2. The van der Waals surface area contributed by atoms with E-state index in [1.54, 1.807) is 12.4 Å². The molecule has 0 aliphatic heterocycles. The number of aryl methyl sites for hydroxylation is 1. The zero-order valence-corrected chi connectivity index (χ0v) is 19.5. The number of amides is 1. The van der Waals surface area contributed by atoms with E-state index in [4.69, 9.17) is 20.9 Å². The number of carbonyl (C=O) groups is 1. The summed E-state index contributed by atoms with van der Waals surface area (Å²) in [6.45, 7) is 1.53. The van der Waals surface area contributed by atoms with E-state index >= 15 is 0 Å². The summed E-state index contributed by atoms with van der Waals surface area (Å²) in [6, 6.07) is 27.4. The zero-order valence-electron chi connectivity index (χ0n) is 19.5. The Morgan fingerprint density at radius 3 is 1.57 bits per heavy atom. The van der Waals surface area contributed by atoms with Crippen LogP contribution in [-0.4, -0.2) is 15.9 Å². The van der Waals surface area contributed by atoms with Crippen LogP contribution in [0.2, 0.25) is 0 Å². The molecule has 180 valence electrons. The quantitative estimate of drug-likeness (QED) is 0.359. The average molecular weight is 471 g/mol. The molecule has 35 heavy (non-hydrogen) atoms. The Bertz CT molecular complexity index is 1140. The maximum atomic E-state index is 10.7. The number of nitrogens with two attached hydrogens (primary N) is 2. The molecular weight excluding hydrogens is 440 g/mol. The fraction of sp³-hybridized carbons (Fsp3) is 0.179. The third-order valence-electron chi connectivity index (χ3n) is 4.93. The van der Waals surface area contributed by atoms with Crippen LogP contribution in [0.5, 0.6) is 11.5 Å². The molecule has 2 aromatic heterocycles. The molecule has 0 unspecified atom stereocenters. The molecule has 1 amide bonds. The van der Waals surface area contributed by atoms with E-state index in [2.05, 4.69) is 9.97 Å². The van der Waals surface area contributed by atoms with E-state index < -0.39 is 0 Å². The lowest BCUT2D eigenvalue weighted by Gasteiger charge is -2.06. The number of hydrogen-bond donors (Lipinski definition) is 2. The molecule has 0 saturated heterocycles. The predicted octanol–water partition coefficient (Wildman–Crippen LogP) is 4.20. The molecule has 0 saturated carbocycles. The largest absolute Gasteiger partial charge is 0.487 e. The monoisotopic (exact) mass is 470 g/mol. The van der Waals surface area contributed by atoms with Crippen LogP contribution in [0.15, 0.2) is 97.3 Å². The first-order chi connectivity index (χ1) is 17.1. The van der Waals surface area contributed by atoms with E-state index in [-0.39, 0.29) is 5.91 Å². The topological polar surface area (TPSA) is 113 Å². The molecule has 4 rings (SSSR count). The number of pyridine rings is 2. The Labute approximate surface area is 205 Å². The Morgan fingerprint density at radius 1 is 0.686 bits per heavy atom. The van der Waals surface area contributed by atoms with Crippen LogP contribution in [-0.2, 0) is 31.0 Å². The van der Waals surface area contributed by atoms with E-state index in [9.17, 15) is 4.79 Å². The minimum Gasteiger partial charge on any atom is -0.487 e. The smallest absolute Gasteiger partial charge is 0.217 e.